The first kappa shape index (κ1) is 42.7. The van der Waals surface area contributed by atoms with Crippen LogP contribution in [0.4, 0.5) is 34.1 Å². The van der Waals surface area contributed by atoms with Crippen molar-refractivity contribution in [1.82, 2.24) is 0 Å². The average Bonchev–Trinajstić information content (AvgIpc) is 4.04. The van der Waals surface area contributed by atoms with Crippen molar-refractivity contribution in [2.24, 2.45) is 0 Å². The Balaban J connectivity index is 1.10. The molecule has 0 unspecified atom stereocenters. The van der Waals surface area contributed by atoms with Crippen molar-refractivity contribution in [2.75, 3.05) is 9.80 Å². The molecule has 0 saturated heterocycles. The first-order valence-corrected chi connectivity index (χ1v) is 30.7. The average molecular weight is 941 g/mol. The lowest BCUT2D eigenvalue weighted by Gasteiger charge is -2.31. The van der Waals surface area contributed by atoms with Crippen molar-refractivity contribution in [3.63, 3.8) is 0 Å². The second-order valence-corrected chi connectivity index (χ2v) is 29.9. The van der Waals surface area contributed by atoms with E-state index >= 15 is 0 Å². The molecule has 13 rings (SSSR count). The summed E-state index contributed by atoms with van der Waals surface area (Å²) in [6.45, 7) is 23.6. The molecule has 11 aromatic rings. The van der Waals surface area contributed by atoms with Gasteiger partial charge < -0.3 is 18.6 Å². The highest BCUT2D eigenvalue weighted by molar-refractivity contribution is 7.13. The Labute approximate surface area is 412 Å². The van der Waals surface area contributed by atoms with Crippen LogP contribution in [0.15, 0.2) is 167 Å². The van der Waals surface area contributed by atoms with Gasteiger partial charge in [0, 0.05) is 44.3 Å². The first-order valence-electron chi connectivity index (χ1n) is 24.7. The standard InChI is InChI=1S/C64H56N2O2Si2/c1-37-19-25-43(26-20-37)65(49-31-23-39(3)33-41(49)5)51-35-55-57(59-45-15-11-13-17-53(45)67-61(51)59)47-29-30-48-58-56(70(9,10)64(48)63(47)69(55,7)8)36-52(62-60(58)46-16-12-14-18-54(46)68-62)66(44-27-21-38(2)22-28-44)50-32-24-40(4)34-42(50)6/h11-36H,1-10H3. The van der Waals surface area contributed by atoms with Gasteiger partial charge in [-0.1, -0.05) is 146 Å². The molecule has 0 aliphatic carbocycles. The lowest BCUT2D eigenvalue weighted by atomic mass is 9.94. The van der Waals surface area contributed by atoms with Crippen molar-refractivity contribution in [3.8, 4) is 22.3 Å². The van der Waals surface area contributed by atoms with Crippen molar-refractivity contribution in [2.45, 2.75) is 67.7 Å². The Kier molecular flexibility index (Phi) is 9.18. The molecule has 70 heavy (non-hydrogen) atoms. The molecular weight excluding hydrogens is 885 g/mol. The minimum Gasteiger partial charge on any atom is -0.454 e. The molecular formula is C64H56N2O2Si2. The van der Waals surface area contributed by atoms with Crippen LogP contribution in [0.2, 0.25) is 26.2 Å². The third-order valence-corrected chi connectivity index (χ3v) is 23.1. The highest BCUT2D eigenvalue weighted by Crippen LogP contribution is 2.51. The molecule has 342 valence electrons. The van der Waals surface area contributed by atoms with Crippen molar-refractivity contribution < 1.29 is 8.83 Å². The molecule has 0 N–H and O–H groups in total. The molecule has 0 saturated carbocycles. The monoisotopic (exact) mass is 940 g/mol. The molecule has 0 radical (unpaired) electrons. The summed E-state index contributed by atoms with van der Waals surface area (Å²) in [5, 5.41) is 10.8. The number of fused-ring (bicyclic) bond motifs is 15. The van der Waals surface area contributed by atoms with Gasteiger partial charge in [-0.05, 0) is 156 Å². The van der Waals surface area contributed by atoms with Crippen LogP contribution < -0.4 is 30.5 Å². The molecule has 4 nitrogen and oxygen atoms in total. The van der Waals surface area contributed by atoms with Gasteiger partial charge >= 0.3 is 0 Å². The highest BCUT2D eigenvalue weighted by atomic mass is 28.3. The summed E-state index contributed by atoms with van der Waals surface area (Å²) in [4.78, 5) is 4.92. The number of rotatable bonds is 6. The van der Waals surface area contributed by atoms with Crippen LogP contribution in [0.5, 0.6) is 0 Å². The molecule has 2 aromatic heterocycles. The summed E-state index contributed by atoms with van der Waals surface area (Å²) < 4.78 is 14.3. The zero-order valence-corrected chi connectivity index (χ0v) is 43.7. The first-order chi connectivity index (χ1) is 33.7. The number of furan rings is 2. The number of hydrogen-bond donors (Lipinski definition) is 0. The van der Waals surface area contributed by atoms with Crippen LogP contribution in [-0.2, 0) is 0 Å². The fraction of sp³-hybridized carbons (Fsp3) is 0.156. The molecule has 4 heterocycles. The second kappa shape index (κ2) is 15.1. The molecule has 0 fully saturated rings. The van der Waals surface area contributed by atoms with E-state index in [1.165, 1.54) is 76.8 Å². The van der Waals surface area contributed by atoms with Crippen LogP contribution in [0.25, 0.3) is 66.1 Å². The number of nitrogens with zero attached hydrogens (tertiary/aromatic N) is 2. The fourth-order valence-corrected chi connectivity index (χ4v) is 21.0. The van der Waals surface area contributed by atoms with Crippen molar-refractivity contribution in [1.29, 1.82) is 0 Å². The topological polar surface area (TPSA) is 32.8 Å². The lowest BCUT2D eigenvalue weighted by molar-refractivity contribution is 0.669. The van der Waals surface area contributed by atoms with Crippen LogP contribution in [0, 0.1) is 41.5 Å². The van der Waals surface area contributed by atoms with Gasteiger partial charge in [0.05, 0.1) is 11.4 Å². The number of hydrogen-bond acceptors (Lipinski definition) is 4. The predicted molar refractivity (Wildman–Crippen MR) is 303 cm³/mol. The third-order valence-electron chi connectivity index (χ3n) is 15.9. The summed E-state index contributed by atoms with van der Waals surface area (Å²) in [6, 6.07) is 59.0. The summed E-state index contributed by atoms with van der Waals surface area (Å²) in [7, 11) is -4.97. The molecule has 9 aromatic carbocycles. The normalized spacial score (nSPS) is 14.1. The number of aryl methyl sites for hydroxylation is 6. The molecule has 0 spiro atoms. The van der Waals surface area contributed by atoms with E-state index < -0.39 is 16.1 Å². The van der Waals surface area contributed by atoms with E-state index in [9.17, 15) is 0 Å². The number of anilines is 6. The number of benzene rings is 9. The highest BCUT2D eigenvalue weighted by Gasteiger charge is 2.50. The van der Waals surface area contributed by atoms with E-state index in [0.717, 1.165) is 67.2 Å². The van der Waals surface area contributed by atoms with Crippen LogP contribution in [0.1, 0.15) is 33.4 Å². The third kappa shape index (κ3) is 5.99. The Bertz CT molecular complexity index is 3760. The van der Waals surface area contributed by atoms with E-state index in [-0.39, 0.29) is 0 Å². The summed E-state index contributed by atoms with van der Waals surface area (Å²) in [5.74, 6) is 0. The van der Waals surface area contributed by atoms with Gasteiger partial charge in [-0.3, -0.25) is 0 Å². The molecule has 0 amide bonds. The largest absolute Gasteiger partial charge is 0.454 e. The van der Waals surface area contributed by atoms with Crippen LogP contribution in [0.3, 0.4) is 0 Å². The number of para-hydroxylation sites is 2. The van der Waals surface area contributed by atoms with E-state index in [0.29, 0.717) is 0 Å². The Morgan fingerprint density at radius 1 is 0.371 bits per heavy atom. The van der Waals surface area contributed by atoms with E-state index in [4.69, 9.17) is 8.83 Å². The molecule has 0 atom stereocenters. The molecule has 0 bridgehead atoms. The zero-order chi connectivity index (χ0) is 48.1. The summed E-state index contributed by atoms with van der Waals surface area (Å²) in [6.07, 6.45) is 0. The SMILES string of the molecule is Cc1ccc(N(c2ccc(C)cc2C)c2cc3c(c4c2oc2ccccc24)-c2ccc4c(c2[Si]3(C)C)[Si](C)(C)c2cc(N(c3ccc(C)cc3)c3ccc(C)cc3C)c3oc5ccccc5c3c2-4)cc1. The van der Waals surface area contributed by atoms with E-state index in [2.05, 4.69) is 235 Å². The minimum atomic E-state index is -2.49. The van der Waals surface area contributed by atoms with Gasteiger partial charge in [-0.2, -0.15) is 0 Å². The zero-order valence-electron chi connectivity index (χ0n) is 41.7. The Morgan fingerprint density at radius 3 is 1.13 bits per heavy atom. The van der Waals surface area contributed by atoms with Crippen LogP contribution >= 0.6 is 0 Å². The van der Waals surface area contributed by atoms with E-state index in [1.807, 2.05) is 0 Å². The van der Waals surface area contributed by atoms with E-state index in [1.54, 1.807) is 10.4 Å². The maximum Gasteiger partial charge on any atom is 0.160 e. The predicted octanol–water partition coefficient (Wildman–Crippen LogP) is 15.9. The van der Waals surface area contributed by atoms with Gasteiger partial charge in [-0.15, -0.1) is 0 Å². The quantitative estimate of drug-likeness (QED) is 0.156. The van der Waals surface area contributed by atoms with Gasteiger partial charge in [0.2, 0.25) is 0 Å². The Morgan fingerprint density at radius 2 is 0.743 bits per heavy atom. The summed E-state index contributed by atoms with van der Waals surface area (Å²) in [5.41, 5.74) is 23.3. The smallest absolute Gasteiger partial charge is 0.160 e. The van der Waals surface area contributed by atoms with Gasteiger partial charge in [0.15, 0.2) is 11.2 Å². The molecule has 2 aliphatic heterocycles. The van der Waals surface area contributed by atoms with Gasteiger partial charge in [0.1, 0.15) is 27.3 Å². The van der Waals surface area contributed by atoms with Crippen molar-refractivity contribution >= 4 is 115 Å². The maximum absolute atomic E-state index is 7.17. The van der Waals surface area contributed by atoms with Gasteiger partial charge in [-0.25, -0.2) is 0 Å². The summed E-state index contributed by atoms with van der Waals surface area (Å²) >= 11 is 0. The van der Waals surface area contributed by atoms with Crippen molar-refractivity contribution in [3.05, 3.63) is 191 Å². The minimum absolute atomic E-state index is 0.913. The fourth-order valence-electron chi connectivity index (χ4n) is 12.5. The van der Waals surface area contributed by atoms with Gasteiger partial charge in [0.25, 0.3) is 0 Å². The molecule has 2 aliphatic rings. The lowest BCUT2D eigenvalue weighted by Crippen LogP contribution is -2.63. The molecule has 6 heteroatoms. The maximum atomic E-state index is 7.17. The Hall–Kier alpha value is -7.39. The second-order valence-electron chi connectivity index (χ2n) is 21.3. The van der Waals surface area contributed by atoms with Crippen LogP contribution in [-0.4, -0.2) is 16.1 Å².